The maximum Gasteiger partial charge on any atom is 0.306 e. The van der Waals surface area contributed by atoms with Gasteiger partial charge in [0.25, 0.3) is 0 Å². The van der Waals surface area contributed by atoms with Crippen LogP contribution < -0.4 is 0 Å². The highest BCUT2D eigenvalue weighted by atomic mass is 16.6. The molecular weight excluding hydrogens is 1010 g/mol. The Hall–Kier alpha value is -4.19. The Morgan fingerprint density at radius 1 is 0.256 bits per heavy atom. The Balaban J connectivity index is 4.17. The number of rotatable bonds is 62. The second-order valence-corrected chi connectivity index (χ2v) is 22.7. The van der Waals surface area contributed by atoms with Gasteiger partial charge in [-0.1, -0.05) is 309 Å². The van der Waals surface area contributed by atoms with Gasteiger partial charge < -0.3 is 14.2 Å². The summed E-state index contributed by atoms with van der Waals surface area (Å²) in [5, 5.41) is 0. The highest BCUT2D eigenvalue weighted by Crippen LogP contribution is 2.16. The third-order valence-corrected chi connectivity index (χ3v) is 14.7. The Bertz CT molecular complexity index is 1690. The first-order chi connectivity index (χ1) is 40.5. The third kappa shape index (κ3) is 66.6. The summed E-state index contributed by atoms with van der Waals surface area (Å²) in [6.45, 7) is 6.50. The van der Waals surface area contributed by atoms with E-state index in [9.17, 15) is 14.4 Å². The van der Waals surface area contributed by atoms with E-state index in [1.807, 2.05) is 0 Å². The van der Waals surface area contributed by atoms with E-state index in [2.05, 4.69) is 142 Å². The molecular formula is C76H128O6. The summed E-state index contributed by atoms with van der Waals surface area (Å²) in [5.74, 6) is -0.887. The second kappa shape index (κ2) is 69.3. The van der Waals surface area contributed by atoms with E-state index in [1.165, 1.54) is 161 Å². The summed E-state index contributed by atoms with van der Waals surface area (Å²) in [7, 11) is 0. The van der Waals surface area contributed by atoms with Gasteiger partial charge in [0.1, 0.15) is 13.2 Å². The Labute approximate surface area is 507 Å². The number of hydrogen-bond donors (Lipinski definition) is 0. The van der Waals surface area contributed by atoms with Crippen molar-refractivity contribution in [2.45, 2.75) is 329 Å². The van der Waals surface area contributed by atoms with E-state index >= 15 is 0 Å². The van der Waals surface area contributed by atoms with Crippen molar-refractivity contribution in [2.24, 2.45) is 0 Å². The van der Waals surface area contributed by atoms with Crippen molar-refractivity contribution in [3.8, 4) is 0 Å². The lowest BCUT2D eigenvalue weighted by Crippen LogP contribution is -2.30. The van der Waals surface area contributed by atoms with Gasteiger partial charge in [0.05, 0.1) is 0 Å². The monoisotopic (exact) mass is 1140 g/mol. The van der Waals surface area contributed by atoms with Crippen molar-refractivity contribution in [3.63, 3.8) is 0 Å². The quantitative estimate of drug-likeness (QED) is 0.0261. The number of esters is 3. The van der Waals surface area contributed by atoms with Gasteiger partial charge in [0.15, 0.2) is 6.10 Å². The average Bonchev–Trinajstić information content (AvgIpc) is 3.47. The summed E-state index contributed by atoms with van der Waals surface area (Å²) in [5.41, 5.74) is 0. The maximum atomic E-state index is 12.9. The molecule has 0 heterocycles. The summed E-state index contributed by atoms with van der Waals surface area (Å²) in [4.78, 5) is 38.2. The average molecular weight is 1140 g/mol. The molecule has 0 saturated heterocycles. The smallest absolute Gasteiger partial charge is 0.306 e. The molecule has 1 atom stereocenters. The van der Waals surface area contributed by atoms with Crippen molar-refractivity contribution < 1.29 is 28.6 Å². The summed E-state index contributed by atoms with van der Waals surface area (Å²) in [6, 6.07) is 0. The minimum atomic E-state index is -0.783. The van der Waals surface area contributed by atoms with Crippen LogP contribution in [0.15, 0.2) is 122 Å². The summed E-state index contributed by atoms with van der Waals surface area (Å²) >= 11 is 0. The first-order valence-electron chi connectivity index (χ1n) is 34.5. The van der Waals surface area contributed by atoms with Gasteiger partial charge in [0.2, 0.25) is 0 Å². The van der Waals surface area contributed by atoms with Crippen molar-refractivity contribution in [3.05, 3.63) is 122 Å². The van der Waals surface area contributed by atoms with Crippen molar-refractivity contribution in [1.82, 2.24) is 0 Å². The van der Waals surface area contributed by atoms with E-state index in [0.29, 0.717) is 19.3 Å². The standard InChI is InChI=1S/C76H128O6/c1-4-7-10-13-16-19-21-23-25-27-29-31-33-34-35-36-37-38-39-40-41-42-44-45-47-49-51-53-55-57-60-63-66-69-75(78)81-72-73(71-80-74(77)68-65-62-59-18-15-12-9-6-3)82-76(79)70-67-64-61-58-56-54-52-50-48-46-43-32-30-28-26-24-22-20-17-14-11-8-5-2/h7,10,16,19,22-25,28-31,34-35,37-38,40-41,44-45,73H,4-6,8-9,11-15,17-18,20-21,26-27,32-33,36,39,42-43,46-72H2,1-3H3/b10-7-,19-16-,24-22-,25-23-,30-28-,31-29-,35-34-,38-37-,41-40-,45-44-. The molecule has 0 aromatic rings. The topological polar surface area (TPSA) is 78.9 Å². The summed E-state index contributed by atoms with van der Waals surface area (Å²) in [6.07, 6.45) is 96.6. The van der Waals surface area contributed by atoms with Crippen LogP contribution in [-0.4, -0.2) is 37.2 Å². The highest BCUT2D eigenvalue weighted by molar-refractivity contribution is 5.71. The molecule has 0 saturated carbocycles. The zero-order valence-corrected chi connectivity index (χ0v) is 53.7. The van der Waals surface area contributed by atoms with Gasteiger partial charge in [-0.05, 0) is 116 Å². The molecule has 0 fully saturated rings. The lowest BCUT2D eigenvalue weighted by molar-refractivity contribution is -0.167. The Morgan fingerprint density at radius 3 is 0.744 bits per heavy atom. The van der Waals surface area contributed by atoms with Gasteiger partial charge in [-0.3, -0.25) is 14.4 Å². The fourth-order valence-electron chi connectivity index (χ4n) is 9.55. The predicted octanol–water partition coefficient (Wildman–Crippen LogP) is 23.9. The summed E-state index contributed by atoms with van der Waals surface area (Å²) < 4.78 is 16.9. The van der Waals surface area contributed by atoms with Crippen LogP contribution in [0.25, 0.3) is 0 Å². The molecule has 1 unspecified atom stereocenters. The first kappa shape index (κ1) is 77.8. The van der Waals surface area contributed by atoms with E-state index < -0.39 is 6.10 Å². The molecule has 0 aromatic heterocycles. The van der Waals surface area contributed by atoms with Crippen LogP contribution in [0.2, 0.25) is 0 Å². The van der Waals surface area contributed by atoms with E-state index in [1.54, 1.807) is 0 Å². The van der Waals surface area contributed by atoms with Crippen molar-refractivity contribution in [2.75, 3.05) is 13.2 Å². The molecule has 6 heteroatoms. The van der Waals surface area contributed by atoms with Crippen LogP contribution in [0.3, 0.4) is 0 Å². The van der Waals surface area contributed by atoms with E-state index in [0.717, 1.165) is 122 Å². The van der Waals surface area contributed by atoms with Gasteiger partial charge in [-0.25, -0.2) is 0 Å². The zero-order valence-electron chi connectivity index (χ0n) is 53.7. The molecule has 0 aromatic carbocycles. The lowest BCUT2D eigenvalue weighted by Gasteiger charge is -2.18. The van der Waals surface area contributed by atoms with Crippen LogP contribution in [0, 0.1) is 0 Å². The maximum absolute atomic E-state index is 12.9. The predicted molar refractivity (Wildman–Crippen MR) is 357 cm³/mol. The molecule has 0 spiro atoms. The normalized spacial score (nSPS) is 12.9. The first-order valence-corrected chi connectivity index (χ1v) is 34.5. The second-order valence-electron chi connectivity index (χ2n) is 22.7. The molecule has 0 aliphatic heterocycles. The van der Waals surface area contributed by atoms with Crippen LogP contribution in [-0.2, 0) is 28.6 Å². The van der Waals surface area contributed by atoms with Gasteiger partial charge in [-0.2, -0.15) is 0 Å². The number of carbonyl (C=O) groups excluding carboxylic acids is 3. The van der Waals surface area contributed by atoms with Gasteiger partial charge >= 0.3 is 17.9 Å². The molecule has 0 radical (unpaired) electrons. The zero-order chi connectivity index (χ0) is 59.2. The van der Waals surface area contributed by atoms with E-state index in [4.69, 9.17) is 14.2 Å². The number of hydrogen-bond acceptors (Lipinski definition) is 6. The Morgan fingerprint density at radius 2 is 0.476 bits per heavy atom. The fraction of sp³-hybridized carbons (Fsp3) is 0.697. The van der Waals surface area contributed by atoms with E-state index in [-0.39, 0.29) is 31.1 Å². The van der Waals surface area contributed by atoms with Gasteiger partial charge in [0, 0.05) is 19.3 Å². The Kier molecular flexibility index (Phi) is 65.8. The van der Waals surface area contributed by atoms with Crippen LogP contribution in [0.5, 0.6) is 0 Å². The molecule has 0 rings (SSSR count). The molecule has 0 aliphatic rings. The van der Waals surface area contributed by atoms with Gasteiger partial charge in [-0.15, -0.1) is 0 Å². The number of allylic oxidation sites excluding steroid dienone is 20. The van der Waals surface area contributed by atoms with Crippen LogP contribution >= 0.6 is 0 Å². The molecule has 0 bridgehead atoms. The molecule has 468 valence electrons. The number of unbranched alkanes of at least 4 members (excludes halogenated alkanes) is 31. The fourth-order valence-corrected chi connectivity index (χ4v) is 9.55. The lowest BCUT2D eigenvalue weighted by atomic mass is 10.0. The van der Waals surface area contributed by atoms with Crippen molar-refractivity contribution >= 4 is 17.9 Å². The van der Waals surface area contributed by atoms with Crippen molar-refractivity contribution in [1.29, 1.82) is 0 Å². The third-order valence-electron chi connectivity index (χ3n) is 14.7. The highest BCUT2D eigenvalue weighted by Gasteiger charge is 2.19. The SMILES string of the molecule is CC/C=C\C/C=C\C/C=C\C/C=C\C/C=C\C/C=C\C/C=C\C/C=C\CCCCCCCCCCC(=O)OCC(COC(=O)CCCCCCCCCC)OC(=O)CCCCCCCCCCCCC/C=C\C/C=C\CCCCCCC. The largest absolute Gasteiger partial charge is 0.462 e. The minimum absolute atomic E-state index is 0.0803. The minimum Gasteiger partial charge on any atom is -0.462 e. The molecule has 0 amide bonds. The number of carbonyl (C=O) groups is 3. The molecule has 82 heavy (non-hydrogen) atoms. The molecule has 0 N–H and O–H groups in total. The van der Waals surface area contributed by atoms with Crippen LogP contribution in [0.1, 0.15) is 323 Å². The molecule has 6 nitrogen and oxygen atoms in total. The van der Waals surface area contributed by atoms with Crippen LogP contribution in [0.4, 0.5) is 0 Å². The number of ether oxygens (including phenoxy) is 3. The molecule has 0 aliphatic carbocycles.